The molecule has 3 atom stereocenters. The number of rotatable bonds is 6. The molecule has 0 spiro atoms. The van der Waals surface area contributed by atoms with Gasteiger partial charge < -0.3 is 15.3 Å². The average molecular weight is 442 g/mol. The molecule has 2 heterocycles. The molecular formula is C26H39N3O3. The highest BCUT2D eigenvalue weighted by molar-refractivity contribution is 5.96. The van der Waals surface area contributed by atoms with Gasteiger partial charge in [0.2, 0.25) is 5.91 Å². The maximum atomic E-state index is 12.9. The number of piperidine rings is 2. The number of anilines is 2. The summed E-state index contributed by atoms with van der Waals surface area (Å²) in [4.78, 5) is 28.8. The Morgan fingerprint density at radius 3 is 2.16 bits per heavy atom. The van der Waals surface area contributed by atoms with Gasteiger partial charge in [-0.1, -0.05) is 50.7 Å². The summed E-state index contributed by atoms with van der Waals surface area (Å²) in [5.41, 5.74) is 1.53. The molecule has 176 valence electrons. The van der Waals surface area contributed by atoms with Gasteiger partial charge in [-0.05, 0) is 50.7 Å². The van der Waals surface area contributed by atoms with E-state index in [1.807, 2.05) is 29.2 Å². The Morgan fingerprint density at radius 2 is 1.53 bits per heavy atom. The Kier molecular flexibility index (Phi) is 7.71. The van der Waals surface area contributed by atoms with Gasteiger partial charge in [0.25, 0.3) is 0 Å². The van der Waals surface area contributed by atoms with Crippen LogP contribution in [0.15, 0.2) is 24.3 Å². The maximum absolute atomic E-state index is 12.9. The van der Waals surface area contributed by atoms with E-state index in [2.05, 4.69) is 10.2 Å². The fraction of sp³-hybridized carbons (Fsp3) is 0.692. The standard InChI is InChI=1S/C26H39N3O3/c1-19(30)28(25-15-8-7-14-24(25)27-18-26(31)32)23-16-21-12-9-13-22(17-23)29(21)20-10-5-3-2-4-6-11-20/h7-8,14-15,20-23,27H,2-6,9-13,16-18H2,1H3,(H,31,32)/t21-,22?,23+/m0/s1. The van der Waals surface area contributed by atoms with Crippen molar-refractivity contribution in [1.29, 1.82) is 0 Å². The number of amides is 1. The number of nitrogens with zero attached hydrogens (tertiary/aromatic N) is 2. The number of carboxylic acid groups (broad SMARTS) is 1. The van der Waals surface area contributed by atoms with E-state index in [0.29, 0.717) is 18.1 Å². The van der Waals surface area contributed by atoms with E-state index in [1.165, 1.54) is 64.2 Å². The lowest BCUT2D eigenvalue weighted by Gasteiger charge is -2.54. The third kappa shape index (κ3) is 5.28. The predicted molar refractivity (Wildman–Crippen MR) is 128 cm³/mol. The van der Waals surface area contributed by atoms with Crippen molar-refractivity contribution in [2.75, 3.05) is 16.8 Å². The summed E-state index contributed by atoms with van der Waals surface area (Å²) in [5, 5.41) is 12.1. The largest absolute Gasteiger partial charge is 0.480 e. The van der Waals surface area contributed by atoms with E-state index in [9.17, 15) is 9.59 Å². The Bertz CT molecular complexity index is 776. The second-order valence-electron chi connectivity index (χ2n) is 9.96. The molecule has 4 rings (SSSR count). The fourth-order valence-corrected chi connectivity index (χ4v) is 6.56. The van der Waals surface area contributed by atoms with Gasteiger partial charge in [-0.15, -0.1) is 0 Å². The Morgan fingerprint density at radius 1 is 0.938 bits per heavy atom. The van der Waals surface area contributed by atoms with Gasteiger partial charge in [-0.25, -0.2) is 0 Å². The maximum Gasteiger partial charge on any atom is 0.322 e. The molecule has 6 nitrogen and oxygen atoms in total. The molecule has 2 aliphatic heterocycles. The number of hydrogen-bond acceptors (Lipinski definition) is 4. The number of carbonyl (C=O) groups is 2. The quantitative estimate of drug-likeness (QED) is 0.647. The van der Waals surface area contributed by atoms with Gasteiger partial charge in [-0.3, -0.25) is 14.5 Å². The Balaban J connectivity index is 1.55. The molecule has 1 saturated carbocycles. The molecule has 1 unspecified atom stereocenters. The molecule has 3 fully saturated rings. The van der Waals surface area contributed by atoms with Gasteiger partial charge in [-0.2, -0.15) is 0 Å². The van der Waals surface area contributed by atoms with Crippen LogP contribution in [0.25, 0.3) is 0 Å². The molecule has 32 heavy (non-hydrogen) atoms. The van der Waals surface area contributed by atoms with Crippen LogP contribution in [0.4, 0.5) is 11.4 Å². The van der Waals surface area contributed by atoms with Gasteiger partial charge in [0.05, 0.1) is 11.4 Å². The SMILES string of the molecule is CC(=O)N(c1ccccc1NCC(=O)O)[C@H]1CC2CCC[C@@H](C1)N2C1CCCCCCC1. The molecule has 0 radical (unpaired) electrons. The van der Waals surface area contributed by atoms with Crippen molar-refractivity contribution in [3.63, 3.8) is 0 Å². The number of para-hydroxylation sites is 2. The summed E-state index contributed by atoms with van der Waals surface area (Å²) in [6.07, 6.45) is 15.3. The van der Waals surface area contributed by atoms with E-state index >= 15 is 0 Å². The Hall–Kier alpha value is -2.08. The number of aliphatic carboxylic acids is 1. The molecule has 2 saturated heterocycles. The summed E-state index contributed by atoms with van der Waals surface area (Å²) in [6.45, 7) is 1.49. The molecular weight excluding hydrogens is 402 g/mol. The van der Waals surface area contributed by atoms with Crippen LogP contribution in [0.3, 0.4) is 0 Å². The number of nitrogens with one attached hydrogen (secondary N) is 1. The number of benzene rings is 1. The smallest absolute Gasteiger partial charge is 0.322 e. The van der Waals surface area contributed by atoms with Gasteiger partial charge in [0, 0.05) is 31.1 Å². The highest BCUT2D eigenvalue weighted by atomic mass is 16.4. The van der Waals surface area contributed by atoms with Gasteiger partial charge in [0.15, 0.2) is 0 Å². The van der Waals surface area contributed by atoms with E-state index in [0.717, 1.165) is 24.2 Å². The minimum Gasteiger partial charge on any atom is -0.480 e. The number of carboxylic acids is 1. The average Bonchev–Trinajstić information content (AvgIpc) is 2.72. The summed E-state index contributed by atoms with van der Waals surface area (Å²) in [5.74, 6) is -0.867. The first-order valence-corrected chi connectivity index (χ1v) is 12.7. The van der Waals surface area contributed by atoms with E-state index in [4.69, 9.17) is 5.11 Å². The zero-order valence-electron chi connectivity index (χ0n) is 19.5. The minimum absolute atomic E-state index is 0.0389. The van der Waals surface area contributed by atoms with Crippen LogP contribution in [-0.2, 0) is 9.59 Å². The van der Waals surface area contributed by atoms with Crippen LogP contribution in [-0.4, -0.2) is 52.6 Å². The normalized spacial score (nSPS) is 27.2. The summed E-state index contributed by atoms with van der Waals surface area (Å²) >= 11 is 0. The Labute approximate surface area is 192 Å². The van der Waals surface area contributed by atoms with Crippen molar-refractivity contribution in [3.8, 4) is 0 Å². The highest BCUT2D eigenvalue weighted by Gasteiger charge is 2.43. The lowest BCUT2D eigenvalue weighted by molar-refractivity contribution is -0.135. The molecule has 0 aromatic heterocycles. The molecule has 6 heteroatoms. The van der Waals surface area contributed by atoms with Crippen molar-refractivity contribution in [3.05, 3.63) is 24.3 Å². The second kappa shape index (κ2) is 10.7. The van der Waals surface area contributed by atoms with Crippen LogP contribution in [0.1, 0.15) is 84.0 Å². The monoisotopic (exact) mass is 441 g/mol. The highest BCUT2D eigenvalue weighted by Crippen LogP contribution is 2.41. The summed E-state index contributed by atoms with van der Waals surface area (Å²) < 4.78 is 0. The summed E-state index contributed by atoms with van der Waals surface area (Å²) in [6, 6.07) is 9.62. The molecule has 1 amide bonds. The van der Waals surface area contributed by atoms with Crippen molar-refractivity contribution >= 4 is 23.3 Å². The van der Waals surface area contributed by atoms with Crippen molar-refractivity contribution in [2.24, 2.45) is 0 Å². The number of hydrogen-bond donors (Lipinski definition) is 2. The third-order valence-corrected chi connectivity index (χ3v) is 7.80. The fourth-order valence-electron chi connectivity index (χ4n) is 6.56. The lowest BCUT2D eigenvalue weighted by atomic mass is 9.78. The van der Waals surface area contributed by atoms with Crippen molar-refractivity contribution in [2.45, 2.75) is 108 Å². The molecule has 1 aliphatic carbocycles. The van der Waals surface area contributed by atoms with Crippen LogP contribution < -0.4 is 10.2 Å². The first-order valence-electron chi connectivity index (χ1n) is 12.7. The minimum atomic E-state index is -0.906. The van der Waals surface area contributed by atoms with Crippen LogP contribution >= 0.6 is 0 Å². The zero-order valence-corrected chi connectivity index (χ0v) is 19.5. The van der Waals surface area contributed by atoms with Crippen molar-refractivity contribution < 1.29 is 14.7 Å². The topological polar surface area (TPSA) is 72.9 Å². The van der Waals surface area contributed by atoms with Crippen LogP contribution in [0.2, 0.25) is 0 Å². The first-order chi connectivity index (χ1) is 15.5. The molecule has 2 bridgehead atoms. The van der Waals surface area contributed by atoms with Crippen molar-refractivity contribution in [1.82, 2.24) is 4.90 Å². The van der Waals surface area contributed by atoms with Crippen LogP contribution in [0, 0.1) is 0 Å². The third-order valence-electron chi connectivity index (χ3n) is 7.80. The molecule has 1 aromatic carbocycles. The number of fused-ring (bicyclic) bond motifs is 2. The zero-order chi connectivity index (χ0) is 22.5. The molecule has 2 N–H and O–H groups in total. The summed E-state index contributed by atoms with van der Waals surface area (Å²) in [7, 11) is 0. The van der Waals surface area contributed by atoms with E-state index in [-0.39, 0.29) is 18.5 Å². The van der Waals surface area contributed by atoms with Gasteiger partial charge in [0.1, 0.15) is 6.54 Å². The second-order valence-corrected chi connectivity index (χ2v) is 9.96. The molecule has 3 aliphatic rings. The lowest BCUT2D eigenvalue weighted by Crippen LogP contribution is -2.60. The van der Waals surface area contributed by atoms with E-state index < -0.39 is 5.97 Å². The van der Waals surface area contributed by atoms with E-state index in [1.54, 1.807) is 6.92 Å². The molecule has 1 aromatic rings. The van der Waals surface area contributed by atoms with Gasteiger partial charge >= 0.3 is 5.97 Å². The number of carbonyl (C=O) groups excluding carboxylic acids is 1. The van der Waals surface area contributed by atoms with Crippen LogP contribution in [0.5, 0.6) is 0 Å². The first kappa shape index (κ1) is 23.1. The predicted octanol–water partition coefficient (Wildman–Crippen LogP) is 5.03.